The molecule has 1 amide bonds. The Morgan fingerprint density at radius 1 is 1.33 bits per heavy atom. The van der Waals surface area contributed by atoms with Crippen molar-refractivity contribution in [3.8, 4) is 11.4 Å². The lowest BCUT2D eigenvalue weighted by molar-refractivity contribution is -0.130. The Hall–Kier alpha value is -2.74. The number of likely N-dealkylation sites (tertiary alicyclic amines) is 1. The van der Waals surface area contributed by atoms with Crippen molar-refractivity contribution in [2.24, 2.45) is 0 Å². The molecule has 4 rings (SSSR count). The van der Waals surface area contributed by atoms with Gasteiger partial charge in [0.05, 0.1) is 11.2 Å². The van der Waals surface area contributed by atoms with E-state index in [2.05, 4.69) is 25.3 Å². The topological polar surface area (TPSA) is 86.8 Å². The average Bonchev–Trinajstić information content (AvgIpc) is 3.32. The minimum Gasteiger partial charge on any atom is -0.356 e. The quantitative estimate of drug-likeness (QED) is 0.716. The molecule has 3 aromatic heterocycles. The van der Waals surface area contributed by atoms with Gasteiger partial charge in [0.2, 0.25) is 5.91 Å². The van der Waals surface area contributed by atoms with Crippen molar-refractivity contribution in [1.29, 1.82) is 0 Å². The minimum absolute atomic E-state index is 0.00983. The van der Waals surface area contributed by atoms with Crippen molar-refractivity contribution in [2.75, 3.05) is 18.4 Å². The van der Waals surface area contributed by atoms with Crippen molar-refractivity contribution in [1.82, 2.24) is 24.8 Å². The van der Waals surface area contributed by atoms with Gasteiger partial charge in [-0.2, -0.15) is 0 Å². The van der Waals surface area contributed by atoms with Gasteiger partial charge in [0.25, 0.3) is 0 Å². The number of aromatic amines is 1. The molecule has 4 heterocycles. The highest BCUT2D eigenvalue weighted by Gasteiger charge is 2.24. The van der Waals surface area contributed by atoms with Crippen molar-refractivity contribution in [3.63, 3.8) is 0 Å². The van der Waals surface area contributed by atoms with Crippen LogP contribution in [0.1, 0.15) is 19.8 Å². The number of hydrogen-bond acceptors (Lipinski definition) is 5. The number of aromatic nitrogens is 4. The molecule has 0 aromatic carbocycles. The van der Waals surface area contributed by atoms with Crippen LogP contribution in [0.15, 0.2) is 24.7 Å². The summed E-state index contributed by atoms with van der Waals surface area (Å²) in [5, 5.41) is 4.10. The molecule has 9 heteroatoms. The minimum atomic E-state index is -0.615. The first-order valence-corrected chi connectivity index (χ1v) is 9.11. The van der Waals surface area contributed by atoms with Gasteiger partial charge in [0, 0.05) is 36.4 Å². The summed E-state index contributed by atoms with van der Waals surface area (Å²) in [5.41, 5.74) is 1.29. The largest absolute Gasteiger partial charge is 0.356 e. The summed E-state index contributed by atoms with van der Waals surface area (Å²) in [6.45, 7) is 3.19. The zero-order chi connectivity index (χ0) is 19.0. The molecule has 1 fully saturated rings. The second-order valence-electron chi connectivity index (χ2n) is 6.54. The van der Waals surface area contributed by atoms with Crippen molar-refractivity contribution in [3.05, 3.63) is 35.5 Å². The molecule has 7 nitrogen and oxygen atoms in total. The average molecular weight is 389 g/mol. The Balaban J connectivity index is 1.63. The van der Waals surface area contributed by atoms with E-state index in [9.17, 15) is 9.18 Å². The number of amides is 1. The lowest BCUT2D eigenvalue weighted by Gasteiger charge is -2.21. The summed E-state index contributed by atoms with van der Waals surface area (Å²) in [6.07, 6.45) is 6.33. The standard InChI is InChI=1S/C18H18ClFN6O/c1-10(18(27)26-4-2-3-5-26)24-17-14(20)9-23-16(25-17)13-8-22-15-12(13)6-11(19)7-21-15/h6-10H,2-5H2,1H3,(H,21,22)(H,23,24,25)/t10-/m1/s1. The van der Waals surface area contributed by atoms with Gasteiger partial charge in [-0.15, -0.1) is 0 Å². The SMILES string of the molecule is C[C@@H](Nc1nc(-c2c[nH]c3ncc(Cl)cc23)ncc1F)C(=O)N1CCCC1. The van der Waals surface area contributed by atoms with Crippen LogP contribution in [-0.4, -0.2) is 49.9 Å². The molecule has 3 aromatic rings. The zero-order valence-corrected chi connectivity index (χ0v) is 15.4. The number of H-pyrrole nitrogens is 1. The highest BCUT2D eigenvalue weighted by atomic mass is 35.5. The van der Waals surface area contributed by atoms with E-state index >= 15 is 0 Å². The van der Waals surface area contributed by atoms with Crippen LogP contribution in [0.4, 0.5) is 10.2 Å². The predicted molar refractivity (Wildman–Crippen MR) is 101 cm³/mol. The molecule has 0 radical (unpaired) electrons. The number of anilines is 1. The molecular formula is C18H18ClFN6O. The van der Waals surface area contributed by atoms with Gasteiger partial charge in [0.15, 0.2) is 17.5 Å². The van der Waals surface area contributed by atoms with Gasteiger partial charge in [-0.25, -0.2) is 19.3 Å². The first kappa shape index (κ1) is 17.7. The predicted octanol–water partition coefficient (Wildman–Crippen LogP) is 3.24. The maximum atomic E-state index is 14.2. The molecule has 1 atom stereocenters. The normalized spacial score (nSPS) is 15.3. The maximum Gasteiger partial charge on any atom is 0.244 e. The molecule has 1 aliphatic rings. The second kappa shape index (κ2) is 7.11. The van der Waals surface area contributed by atoms with Crippen molar-refractivity contribution >= 4 is 34.4 Å². The van der Waals surface area contributed by atoms with Crippen LogP contribution in [-0.2, 0) is 4.79 Å². The lowest BCUT2D eigenvalue weighted by Crippen LogP contribution is -2.40. The summed E-state index contributed by atoms with van der Waals surface area (Å²) >= 11 is 6.03. The molecule has 27 heavy (non-hydrogen) atoms. The van der Waals surface area contributed by atoms with Gasteiger partial charge in [-0.05, 0) is 25.8 Å². The van der Waals surface area contributed by atoms with Gasteiger partial charge >= 0.3 is 0 Å². The third kappa shape index (κ3) is 3.44. The highest BCUT2D eigenvalue weighted by Crippen LogP contribution is 2.28. The smallest absolute Gasteiger partial charge is 0.244 e. The summed E-state index contributed by atoms with van der Waals surface area (Å²) in [5.74, 6) is -0.370. The summed E-state index contributed by atoms with van der Waals surface area (Å²) in [7, 11) is 0. The molecule has 140 valence electrons. The number of rotatable bonds is 4. The van der Waals surface area contributed by atoms with Crippen LogP contribution in [0.2, 0.25) is 5.02 Å². The molecular weight excluding hydrogens is 371 g/mol. The first-order chi connectivity index (χ1) is 13.0. The Morgan fingerprint density at radius 3 is 2.89 bits per heavy atom. The lowest BCUT2D eigenvalue weighted by atomic mass is 10.2. The van der Waals surface area contributed by atoms with E-state index in [1.165, 1.54) is 6.20 Å². The van der Waals surface area contributed by atoms with Crippen molar-refractivity contribution in [2.45, 2.75) is 25.8 Å². The van der Waals surface area contributed by atoms with Crippen LogP contribution in [0, 0.1) is 5.82 Å². The maximum absolute atomic E-state index is 14.2. The number of hydrogen-bond donors (Lipinski definition) is 2. The number of nitrogens with one attached hydrogen (secondary N) is 2. The van der Waals surface area contributed by atoms with E-state index in [-0.39, 0.29) is 11.7 Å². The van der Waals surface area contributed by atoms with Gasteiger partial charge in [-0.1, -0.05) is 11.6 Å². The van der Waals surface area contributed by atoms with E-state index in [4.69, 9.17) is 11.6 Å². The third-order valence-electron chi connectivity index (χ3n) is 4.62. The second-order valence-corrected chi connectivity index (χ2v) is 6.98. The fourth-order valence-electron chi connectivity index (χ4n) is 3.24. The summed E-state index contributed by atoms with van der Waals surface area (Å²) in [4.78, 5) is 29.8. The number of carbonyl (C=O) groups excluding carboxylic acids is 1. The number of fused-ring (bicyclic) bond motifs is 1. The Bertz CT molecular complexity index is 1000. The first-order valence-electron chi connectivity index (χ1n) is 8.74. The van der Waals surface area contributed by atoms with Crippen LogP contribution in [0.25, 0.3) is 22.4 Å². The number of pyridine rings is 1. The zero-order valence-electron chi connectivity index (χ0n) is 14.7. The Kier molecular flexibility index (Phi) is 4.65. The fourth-order valence-corrected chi connectivity index (χ4v) is 3.40. The van der Waals surface area contributed by atoms with Crippen LogP contribution < -0.4 is 5.32 Å². The monoisotopic (exact) mass is 388 g/mol. The fraction of sp³-hybridized carbons (Fsp3) is 0.333. The van der Waals surface area contributed by atoms with E-state index in [0.29, 0.717) is 22.1 Å². The highest BCUT2D eigenvalue weighted by molar-refractivity contribution is 6.31. The summed E-state index contributed by atoms with van der Waals surface area (Å²) in [6, 6.07) is 1.16. The van der Waals surface area contributed by atoms with E-state index in [1.54, 1.807) is 24.1 Å². The van der Waals surface area contributed by atoms with Crippen LogP contribution in [0.3, 0.4) is 0 Å². The van der Waals surface area contributed by atoms with Gasteiger partial charge in [0.1, 0.15) is 11.7 Å². The summed E-state index contributed by atoms with van der Waals surface area (Å²) < 4.78 is 14.2. The molecule has 0 aliphatic carbocycles. The molecule has 0 saturated carbocycles. The Morgan fingerprint density at radius 2 is 2.11 bits per heavy atom. The van der Waals surface area contributed by atoms with Crippen molar-refractivity contribution < 1.29 is 9.18 Å². The molecule has 0 spiro atoms. The molecule has 0 unspecified atom stereocenters. The molecule has 0 bridgehead atoms. The Labute approximate surface area is 160 Å². The molecule has 1 saturated heterocycles. The number of halogens is 2. The number of nitrogens with zero attached hydrogens (tertiary/aromatic N) is 4. The van der Waals surface area contributed by atoms with Gasteiger partial charge < -0.3 is 15.2 Å². The van der Waals surface area contributed by atoms with E-state index in [0.717, 1.165) is 37.5 Å². The number of carbonyl (C=O) groups is 1. The third-order valence-corrected chi connectivity index (χ3v) is 4.83. The van der Waals surface area contributed by atoms with E-state index < -0.39 is 11.9 Å². The van der Waals surface area contributed by atoms with Crippen LogP contribution >= 0.6 is 11.6 Å². The van der Waals surface area contributed by atoms with Crippen LogP contribution in [0.5, 0.6) is 0 Å². The van der Waals surface area contributed by atoms with E-state index in [1.807, 2.05) is 0 Å². The molecule has 2 N–H and O–H groups in total. The molecule has 1 aliphatic heterocycles. The van der Waals surface area contributed by atoms with Gasteiger partial charge in [-0.3, -0.25) is 4.79 Å².